The van der Waals surface area contributed by atoms with E-state index in [1.807, 2.05) is 19.1 Å². The molecule has 12 heavy (non-hydrogen) atoms. The van der Waals surface area contributed by atoms with Gasteiger partial charge < -0.3 is 5.11 Å². The van der Waals surface area contributed by atoms with Crippen LogP contribution < -0.4 is 0 Å². The van der Waals surface area contributed by atoms with Gasteiger partial charge in [-0.1, -0.05) is 18.6 Å². The van der Waals surface area contributed by atoms with Crippen LogP contribution in [0.1, 0.15) is 26.2 Å². The number of hydrogen-bond donors (Lipinski definition) is 1. The van der Waals surface area contributed by atoms with Gasteiger partial charge in [0.05, 0.1) is 6.10 Å². The van der Waals surface area contributed by atoms with E-state index in [1.165, 1.54) is 19.3 Å². The molecule has 0 aromatic rings. The summed E-state index contributed by atoms with van der Waals surface area (Å²) in [4.78, 5) is 0. The normalized spacial score (nSPS) is 56.7. The topological polar surface area (TPSA) is 20.2 Å². The van der Waals surface area contributed by atoms with Gasteiger partial charge in [-0.25, -0.2) is 0 Å². The molecule has 0 radical (unpaired) electrons. The van der Waals surface area contributed by atoms with Crippen molar-refractivity contribution in [2.45, 2.75) is 32.3 Å². The molecule has 3 unspecified atom stereocenters. The van der Waals surface area contributed by atoms with E-state index in [9.17, 15) is 5.11 Å². The van der Waals surface area contributed by atoms with Crippen molar-refractivity contribution >= 4 is 0 Å². The Labute approximate surface area is 73.5 Å². The monoisotopic (exact) mass is 164 g/mol. The fraction of sp³-hybridized carbons (Fsp3) is 0.818. The smallest absolute Gasteiger partial charge is 0.0785 e. The van der Waals surface area contributed by atoms with Gasteiger partial charge in [-0.2, -0.15) is 0 Å². The summed E-state index contributed by atoms with van der Waals surface area (Å²) in [7, 11) is 0. The fourth-order valence-electron chi connectivity index (χ4n) is 3.91. The van der Waals surface area contributed by atoms with Gasteiger partial charge in [-0.15, -0.1) is 0 Å². The molecule has 0 saturated heterocycles. The van der Waals surface area contributed by atoms with Crippen molar-refractivity contribution in [3.8, 4) is 0 Å². The molecule has 0 aromatic heterocycles. The summed E-state index contributed by atoms with van der Waals surface area (Å²) in [5.74, 6) is 2.74. The van der Waals surface area contributed by atoms with Crippen molar-refractivity contribution < 1.29 is 5.11 Å². The minimum Gasteiger partial charge on any atom is -0.388 e. The lowest BCUT2D eigenvalue weighted by atomic mass is 9.80. The van der Waals surface area contributed by atoms with E-state index in [0.717, 1.165) is 17.8 Å². The standard InChI is InChI=1S/C11H16O/c1-2-4-9(12)11-7-5-3-6-8(11)10(7)11/h2,4,7-10,12H,3,5-6H2,1H3/b4-2+/t7-,8+,9?,10?,11?. The van der Waals surface area contributed by atoms with E-state index >= 15 is 0 Å². The highest BCUT2D eigenvalue weighted by Crippen LogP contribution is 2.89. The summed E-state index contributed by atoms with van der Waals surface area (Å²) in [5, 5.41) is 9.91. The van der Waals surface area contributed by atoms with Crippen LogP contribution in [0.3, 0.4) is 0 Å². The first-order chi connectivity index (χ1) is 5.83. The summed E-state index contributed by atoms with van der Waals surface area (Å²) in [6.45, 7) is 2.00. The molecule has 0 spiro atoms. The van der Waals surface area contributed by atoms with Crippen molar-refractivity contribution in [1.29, 1.82) is 0 Å². The highest BCUT2D eigenvalue weighted by molar-refractivity contribution is 5.37. The van der Waals surface area contributed by atoms with Gasteiger partial charge in [-0.05, 0) is 37.5 Å². The van der Waals surface area contributed by atoms with Gasteiger partial charge in [0, 0.05) is 5.41 Å². The van der Waals surface area contributed by atoms with Crippen LogP contribution in [0.2, 0.25) is 0 Å². The molecular weight excluding hydrogens is 148 g/mol. The molecule has 3 fully saturated rings. The fourth-order valence-corrected chi connectivity index (χ4v) is 3.91. The number of rotatable bonds is 2. The molecular formula is C11H16O. The zero-order valence-electron chi connectivity index (χ0n) is 7.53. The molecule has 66 valence electrons. The van der Waals surface area contributed by atoms with Gasteiger partial charge in [0.1, 0.15) is 0 Å². The lowest BCUT2D eigenvalue weighted by Gasteiger charge is -2.26. The zero-order chi connectivity index (χ0) is 8.34. The molecule has 3 aliphatic rings. The van der Waals surface area contributed by atoms with Crippen LogP contribution >= 0.6 is 0 Å². The number of aliphatic hydroxyl groups is 1. The molecule has 3 rings (SSSR count). The number of aliphatic hydroxyl groups excluding tert-OH is 1. The lowest BCUT2D eigenvalue weighted by Crippen LogP contribution is -2.25. The van der Waals surface area contributed by atoms with Crippen LogP contribution in [0, 0.1) is 23.2 Å². The average Bonchev–Trinajstić information content (AvgIpc) is 2.93. The van der Waals surface area contributed by atoms with E-state index < -0.39 is 0 Å². The number of fused-ring (bicyclic) bond motifs is 2. The van der Waals surface area contributed by atoms with Crippen LogP contribution in [-0.4, -0.2) is 11.2 Å². The molecule has 1 N–H and O–H groups in total. The van der Waals surface area contributed by atoms with E-state index in [1.54, 1.807) is 0 Å². The summed E-state index contributed by atoms with van der Waals surface area (Å²) in [5.41, 5.74) is 0.408. The zero-order valence-corrected chi connectivity index (χ0v) is 7.53. The van der Waals surface area contributed by atoms with Crippen LogP contribution in [-0.2, 0) is 0 Å². The molecule has 3 aliphatic carbocycles. The Morgan fingerprint density at radius 2 is 2.08 bits per heavy atom. The first-order valence-electron chi connectivity index (χ1n) is 5.14. The predicted molar refractivity (Wildman–Crippen MR) is 47.6 cm³/mol. The Balaban J connectivity index is 1.79. The van der Waals surface area contributed by atoms with E-state index in [-0.39, 0.29) is 6.10 Å². The van der Waals surface area contributed by atoms with Gasteiger partial charge in [0.15, 0.2) is 0 Å². The Morgan fingerprint density at radius 3 is 2.58 bits per heavy atom. The van der Waals surface area contributed by atoms with Gasteiger partial charge in [0.25, 0.3) is 0 Å². The second kappa shape index (κ2) is 1.95. The minimum absolute atomic E-state index is 0.122. The maximum absolute atomic E-state index is 9.91. The summed E-state index contributed by atoms with van der Waals surface area (Å²) >= 11 is 0. The Hall–Kier alpha value is -0.300. The molecule has 0 aliphatic heterocycles. The molecule has 3 saturated carbocycles. The number of hydrogen-bond acceptors (Lipinski definition) is 1. The predicted octanol–water partition coefficient (Wildman–Crippen LogP) is 1.97. The first-order valence-corrected chi connectivity index (χ1v) is 5.14. The molecule has 1 heteroatoms. The van der Waals surface area contributed by atoms with Crippen LogP contribution in [0.15, 0.2) is 12.2 Å². The minimum atomic E-state index is -0.122. The van der Waals surface area contributed by atoms with E-state index in [4.69, 9.17) is 0 Å². The Morgan fingerprint density at radius 1 is 1.42 bits per heavy atom. The van der Waals surface area contributed by atoms with E-state index in [0.29, 0.717) is 5.41 Å². The lowest BCUT2D eigenvalue weighted by molar-refractivity contribution is 0.112. The second-order valence-electron chi connectivity index (χ2n) is 4.64. The van der Waals surface area contributed by atoms with E-state index in [2.05, 4.69) is 0 Å². The Kier molecular flexibility index (Phi) is 1.16. The van der Waals surface area contributed by atoms with Gasteiger partial charge in [-0.3, -0.25) is 0 Å². The summed E-state index contributed by atoms with van der Waals surface area (Å²) in [6, 6.07) is 0. The van der Waals surface area contributed by atoms with Gasteiger partial charge >= 0.3 is 0 Å². The second-order valence-corrected chi connectivity index (χ2v) is 4.64. The van der Waals surface area contributed by atoms with Crippen LogP contribution in [0.4, 0.5) is 0 Å². The average molecular weight is 164 g/mol. The maximum Gasteiger partial charge on any atom is 0.0785 e. The largest absolute Gasteiger partial charge is 0.388 e. The third kappa shape index (κ3) is 0.545. The SMILES string of the molecule is C/C=C/C(O)C12C3[C@H]1CCC[C@@H]32. The molecule has 0 amide bonds. The van der Waals surface area contributed by atoms with Gasteiger partial charge in [0.2, 0.25) is 0 Å². The third-order valence-corrected chi connectivity index (χ3v) is 4.43. The summed E-state index contributed by atoms with van der Waals surface area (Å²) in [6.07, 6.45) is 8.03. The molecule has 5 atom stereocenters. The van der Waals surface area contributed by atoms with Crippen molar-refractivity contribution in [1.82, 2.24) is 0 Å². The van der Waals surface area contributed by atoms with Crippen molar-refractivity contribution in [3.63, 3.8) is 0 Å². The highest BCUT2D eigenvalue weighted by Gasteiger charge is 2.88. The first kappa shape index (κ1) is 7.14. The van der Waals surface area contributed by atoms with Crippen LogP contribution in [0.5, 0.6) is 0 Å². The molecule has 0 bridgehead atoms. The quantitative estimate of drug-likeness (QED) is 0.619. The molecule has 0 aromatic carbocycles. The molecule has 0 heterocycles. The molecule has 1 nitrogen and oxygen atoms in total. The number of allylic oxidation sites excluding steroid dienone is 1. The highest BCUT2D eigenvalue weighted by atomic mass is 16.3. The third-order valence-electron chi connectivity index (χ3n) is 4.43. The van der Waals surface area contributed by atoms with Crippen LogP contribution in [0.25, 0.3) is 0 Å². The van der Waals surface area contributed by atoms with Crippen molar-refractivity contribution in [2.75, 3.05) is 0 Å². The summed E-state index contributed by atoms with van der Waals surface area (Å²) < 4.78 is 0. The van der Waals surface area contributed by atoms with Crippen molar-refractivity contribution in [2.24, 2.45) is 23.2 Å². The maximum atomic E-state index is 9.91. The van der Waals surface area contributed by atoms with Crippen molar-refractivity contribution in [3.05, 3.63) is 12.2 Å². The Bertz CT molecular complexity index is 222.